The van der Waals surface area contributed by atoms with E-state index in [1.54, 1.807) is 12.1 Å². The zero-order valence-electron chi connectivity index (χ0n) is 9.55. The first-order valence-electron chi connectivity index (χ1n) is 5.17. The van der Waals surface area contributed by atoms with Crippen LogP contribution in [-0.2, 0) is 0 Å². The minimum absolute atomic E-state index is 0.413. The topological polar surface area (TPSA) is 89.3 Å². The molecule has 0 aromatic carbocycles. The number of aromatic nitrogens is 1. The Balaban J connectivity index is 2.39. The van der Waals surface area contributed by atoms with Crippen LogP contribution in [0.1, 0.15) is 12.0 Å². The largest absolute Gasteiger partial charge is 0.465 e. The Hall–Kier alpha value is -2.29. The second-order valence-electron chi connectivity index (χ2n) is 3.52. The maximum absolute atomic E-state index is 10.2. The van der Waals surface area contributed by atoms with Gasteiger partial charge in [0.25, 0.3) is 0 Å². The summed E-state index contributed by atoms with van der Waals surface area (Å²) in [5.74, 6) is 0.763. The van der Waals surface area contributed by atoms with E-state index in [1.807, 2.05) is 18.0 Å². The SMILES string of the molecule is CN(CCCNC(=O)O)c1ccc(C#N)cn1. The van der Waals surface area contributed by atoms with Gasteiger partial charge < -0.3 is 15.3 Å². The summed E-state index contributed by atoms with van der Waals surface area (Å²) in [6.45, 7) is 1.11. The molecule has 1 amide bonds. The van der Waals surface area contributed by atoms with Gasteiger partial charge >= 0.3 is 6.09 Å². The Morgan fingerprint density at radius 3 is 2.94 bits per heavy atom. The van der Waals surface area contributed by atoms with Crippen LogP contribution in [0.15, 0.2) is 18.3 Å². The van der Waals surface area contributed by atoms with E-state index in [9.17, 15) is 4.79 Å². The molecule has 1 aromatic rings. The van der Waals surface area contributed by atoms with Crippen molar-refractivity contribution in [2.45, 2.75) is 6.42 Å². The minimum Gasteiger partial charge on any atom is -0.465 e. The number of nitrogens with one attached hydrogen (secondary N) is 1. The van der Waals surface area contributed by atoms with Crippen LogP contribution in [0.3, 0.4) is 0 Å². The van der Waals surface area contributed by atoms with Crippen LogP contribution in [0.25, 0.3) is 0 Å². The van der Waals surface area contributed by atoms with Crippen LogP contribution >= 0.6 is 0 Å². The molecule has 6 heteroatoms. The lowest BCUT2D eigenvalue weighted by Crippen LogP contribution is -2.27. The van der Waals surface area contributed by atoms with E-state index in [0.29, 0.717) is 25.1 Å². The lowest BCUT2D eigenvalue weighted by Gasteiger charge is -2.17. The molecular weight excluding hydrogens is 220 g/mol. The predicted octanol–water partition coefficient (Wildman–Crippen LogP) is 1.05. The number of nitrogens with zero attached hydrogens (tertiary/aromatic N) is 3. The Kier molecular flexibility index (Phi) is 4.76. The number of rotatable bonds is 5. The third kappa shape index (κ3) is 4.38. The molecule has 1 aromatic heterocycles. The molecule has 1 heterocycles. The number of amides is 1. The Labute approximate surface area is 99.5 Å². The lowest BCUT2D eigenvalue weighted by atomic mass is 10.3. The van der Waals surface area contributed by atoms with Gasteiger partial charge in [0.05, 0.1) is 5.56 Å². The summed E-state index contributed by atoms with van der Waals surface area (Å²) in [5.41, 5.74) is 0.523. The molecule has 0 spiro atoms. The first-order valence-corrected chi connectivity index (χ1v) is 5.17. The van der Waals surface area contributed by atoms with Crippen molar-refractivity contribution < 1.29 is 9.90 Å². The van der Waals surface area contributed by atoms with Crippen LogP contribution < -0.4 is 10.2 Å². The zero-order chi connectivity index (χ0) is 12.7. The van der Waals surface area contributed by atoms with Gasteiger partial charge in [0, 0.05) is 26.3 Å². The number of hydrogen-bond acceptors (Lipinski definition) is 4. The molecule has 0 aliphatic heterocycles. The highest BCUT2D eigenvalue weighted by molar-refractivity contribution is 5.64. The molecule has 0 unspecified atom stereocenters. The van der Waals surface area contributed by atoms with Crippen LogP contribution in [0.2, 0.25) is 0 Å². The van der Waals surface area contributed by atoms with Gasteiger partial charge in [-0.1, -0.05) is 0 Å². The molecule has 0 radical (unpaired) electrons. The van der Waals surface area contributed by atoms with E-state index >= 15 is 0 Å². The molecular formula is C11H14N4O2. The third-order valence-electron chi connectivity index (χ3n) is 2.21. The van der Waals surface area contributed by atoms with Gasteiger partial charge in [0.1, 0.15) is 11.9 Å². The van der Waals surface area contributed by atoms with Crippen molar-refractivity contribution in [3.8, 4) is 6.07 Å². The molecule has 0 aliphatic rings. The van der Waals surface area contributed by atoms with E-state index < -0.39 is 6.09 Å². The van der Waals surface area contributed by atoms with Crippen molar-refractivity contribution in [2.75, 3.05) is 25.0 Å². The number of pyridine rings is 1. The standard InChI is InChI=1S/C11H14N4O2/c1-15(6-2-5-13-11(16)17)10-4-3-9(7-12)8-14-10/h3-4,8,13H,2,5-6H2,1H3,(H,16,17). The number of carbonyl (C=O) groups is 1. The van der Waals surface area contributed by atoms with E-state index in [4.69, 9.17) is 10.4 Å². The van der Waals surface area contributed by atoms with E-state index in [1.165, 1.54) is 6.20 Å². The second-order valence-corrected chi connectivity index (χ2v) is 3.52. The van der Waals surface area contributed by atoms with E-state index in [2.05, 4.69) is 10.3 Å². The molecule has 0 saturated carbocycles. The highest BCUT2D eigenvalue weighted by Gasteiger charge is 2.02. The molecule has 1 rings (SSSR count). The van der Waals surface area contributed by atoms with Crippen LogP contribution in [0.4, 0.5) is 10.6 Å². The Morgan fingerprint density at radius 1 is 1.65 bits per heavy atom. The minimum atomic E-state index is -1.01. The molecule has 6 nitrogen and oxygen atoms in total. The summed E-state index contributed by atoms with van der Waals surface area (Å²) in [6.07, 6.45) is 1.20. The molecule has 0 saturated heterocycles. The van der Waals surface area contributed by atoms with Crippen LogP contribution in [0, 0.1) is 11.3 Å². The van der Waals surface area contributed by atoms with Crippen molar-refractivity contribution in [3.05, 3.63) is 23.9 Å². The molecule has 0 fully saturated rings. The summed E-state index contributed by atoms with van der Waals surface area (Å²) >= 11 is 0. The van der Waals surface area contributed by atoms with Gasteiger partial charge in [0.2, 0.25) is 0 Å². The van der Waals surface area contributed by atoms with Crippen molar-refractivity contribution in [1.82, 2.24) is 10.3 Å². The molecule has 2 N–H and O–H groups in total. The summed E-state index contributed by atoms with van der Waals surface area (Å²) in [5, 5.41) is 19.3. The maximum atomic E-state index is 10.2. The zero-order valence-corrected chi connectivity index (χ0v) is 9.55. The number of nitriles is 1. The Bertz CT molecular complexity index is 410. The first-order chi connectivity index (χ1) is 8.13. The normalized spacial score (nSPS) is 9.41. The molecule has 0 atom stereocenters. The number of hydrogen-bond donors (Lipinski definition) is 2. The fourth-order valence-electron chi connectivity index (χ4n) is 1.30. The van der Waals surface area contributed by atoms with Crippen LogP contribution in [-0.4, -0.2) is 36.3 Å². The summed E-state index contributed by atoms with van der Waals surface area (Å²) in [6, 6.07) is 5.47. The first kappa shape index (κ1) is 12.8. The quantitative estimate of drug-likeness (QED) is 0.743. The molecule has 0 aliphatic carbocycles. The van der Waals surface area contributed by atoms with Crippen molar-refractivity contribution in [1.29, 1.82) is 5.26 Å². The predicted molar refractivity (Wildman–Crippen MR) is 62.9 cm³/mol. The van der Waals surface area contributed by atoms with Gasteiger partial charge in [-0.15, -0.1) is 0 Å². The fourth-order valence-corrected chi connectivity index (χ4v) is 1.30. The third-order valence-corrected chi connectivity index (χ3v) is 2.21. The highest BCUT2D eigenvalue weighted by Crippen LogP contribution is 2.08. The average Bonchev–Trinajstić information content (AvgIpc) is 2.34. The summed E-state index contributed by atoms with van der Waals surface area (Å²) < 4.78 is 0. The monoisotopic (exact) mass is 234 g/mol. The Morgan fingerprint density at radius 2 is 2.41 bits per heavy atom. The molecule has 17 heavy (non-hydrogen) atoms. The lowest BCUT2D eigenvalue weighted by molar-refractivity contribution is 0.194. The van der Waals surface area contributed by atoms with Crippen molar-refractivity contribution in [2.24, 2.45) is 0 Å². The maximum Gasteiger partial charge on any atom is 0.404 e. The molecule has 90 valence electrons. The van der Waals surface area contributed by atoms with Crippen molar-refractivity contribution >= 4 is 11.9 Å². The van der Waals surface area contributed by atoms with Crippen molar-refractivity contribution in [3.63, 3.8) is 0 Å². The number of carboxylic acid groups (broad SMARTS) is 1. The van der Waals surface area contributed by atoms with Gasteiger partial charge in [-0.2, -0.15) is 5.26 Å². The van der Waals surface area contributed by atoms with Gasteiger partial charge in [0.15, 0.2) is 0 Å². The number of anilines is 1. The van der Waals surface area contributed by atoms with E-state index in [-0.39, 0.29) is 0 Å². The van der Waals surface area contributed by atoms with Gasteiger partial charge in [-0.25, -0.2) is 9.78 Å². The summed E-state index contributed by atoms with van der Waals surface area (Å²) in [4.78, 5) is 16.3. The van der Waals surface area contributed by atoms with E-state index in [0.717, 1.165) is 5.82 Å². The molecule has 0 bridgehead atoms. The second kappa shape index (κ2) is 6.33. The average molecular weight is 234 g/mol. The summed E-state index contributed by atoms with van der Waals surface area (Å²) in [7, 11) is 1.87. The fraction of sp³-hybridized carbons (Fsp3) is 0.364. The van der Waals surface area contributed by atoms with Crippen LogP contribution in [0.5, 0.6) is 0 Å². The van der Waals surface area contributed by atoms with Gasteiger partial charge in [-0.3, -0.25) is 0 Å². The highest BCUT2D eigenvalue weighted by atomic mass is 16.4. The smallest absolute Gasteiger partial charge is 0.404 e. The van der Waals surface area contributed by atoms with Gasteiger partial charge in [-0.05, 0) is 18.6 Å².